The molecule has 0 unspecified atom stereocenters. The second-order valence-electron chi connectivity index (χ2n) is 3.43. The summed E-state index contributed by atoms with van der Waals surface area (Å²) < 4.78 is 0. The molecule has 1 N–H and O–H groups in total. The first-order chi connectivity index (χ1) is 7.29. The van der Waals surface area contributed by atoms with Crippen molar-refractivity contribution in [1.82, 2.24) is 5.32 Å². The molecule has 2 rings (SSSR count). The lowest BCUT2D eigenvalue weighted by atomic mass is 10.2. The van der Waals surface area contributed by atoms with Crippen LogP contribution in [0.2, 0.25) is 0 Å². The molecule has 0 radical (unpaired) electrons. The highest BCUT2D eigenvalue weighted by molar-refractivity contribution is 7.10. The van der Waals surface area contributed by atoms with Gasteiger partial charge in [0.1, 0.15) is 11.6 Å². The van der Waals surface area contributed by atoms with Crippen LogP contribution in [0.25, 0.3) is 6.08 Å². The lowest BCUT2D eigenvalue weighted by molar-refractivity contribution is -0.117. The van der Waals surface area contributed by atoms with Crippen molar-refractivity contribution in [3.8, 4) is 6.07 Å². The van der Waals surface area contributed by atoms with Crippen LogP contribution < -0.4 is 5.32 Å². The van der Waals surface area contributed by atoms with Crippen LogP contribution in [0.3, 0.4) is 0 Å². The second-order valence-corrected chi connectivity index (χ2v) is 4.41. The van der Waals surface area contributed by atoms with Crippen LogP contribution in [0.5, 0.6) is 0 Å². The SMILES string of the molecule is N#C/C(=C\c1cccs1)C(=O)NC1CC1. The van der Waals surface area contributed by atoms with Crippen molar-refractivity contribution in [2.75, 3.05) is 0 Å². The van der Waals surface area contributed by atoms with E-state index in [2.05, 4.69) is 5.32 Å². The fourth-order valence-electron chi connectivity index (χ4n) is 1.16. The van der Waals surface area contributed by atoms with Crippen LogP contribution in [0.15, 0.2) is 23.1 Å². The van der Waals surface area contributed by atoms with Crippen molar-refractivity contribution in [1.29, 1.82) is 5.26 Å². The highest BCUT2D eigenvalue weighted by Gasteiger charge is 2.24. The van der Waals surface area contributed by atoms with Crippen LogP contribution in [0, 0.1) is 11.3 Å². The van der Waals surface area contributed by atoms with E-state index in [-0.39, 0.29) is 17.5 Å². The molecule has 1 saturated carbocycles. The van der Waals surface area contributed by atoms with Gasteiger partial charge in [-0.3, -0.25) is 4.79 Å². The predicted octanol–water partition coefficient (Wildman–Crippen LogP) is 1.93. The number of thiophene rings is 1. The standard InChI is InChI=1S/C11H10N2OS/c12-7-8(6-10-2-1-5-15-10)11(14)13-9-3-4-9/h1-2,5-6,9H,3-4H2,(H,13,14)/b8-6+. The first-order valence-corrected chi connectivity index (χ1v) is 5.64. The fourth-order valence-corrected chi connectivity index (χ4v) is 1.81. The first-order valence-electron chi connectivity index (χ1n) is 4.76. The molecular formula is C11H10N2OS. The second kappa shape index (κ2) is 4.28. The average molecular weight is 218 g/mol. The van der Waals surface area contributed by atoms with Crippen LogP contribution in [0.4, 0.5) is 0 Å². The van der Waals surface area contributed by atoms with E-state index in [9.17, 15) is 4.79 Å². The minimum atomic E-state index is -0.256. The Bertz CT molecular complexity index is 424. The van der Waals surface area contributed by atoms with E-state index in [1.807, 2.05) is 23.6 Å². The van der Waals surface area contributed by atoms with Crippen molar-refractivity contribution in [2.24, 2.45) is 0 Å². The largest absolute Gasteiger partial charge is 0.349 e. The van der Waals surface area contributed by atoms with Gasteiger partial charge < -0.3 is 5.32 Å². The average Bonchev–Trinajstić information content (AvgIpc) is 2.89. The number of nitrogens with zero attached hydrogens (tertiary/aromatic N) is 1. The van der Waals surface area contributed by atoms with Gasteiger partial charge in [0.05, 0.1) is 0 Å². The van der Waals surface area contributed by atoms with E-state index >= 15 is 0 Å². The summed E-state index contributed by atoms with van der Waals surface area (Å²) in [5, 5.41) is 13.6. The monoisotopic (exact) mass is 218 g/mol. The van der Waals surface area contributed by atoms with Gasteiger partial charge in [0, 0.05) is 10.9 Å². The van der Waals surface area contributed by atoms with E-state index in [0.717, 1.165) is 17.7 Å². The Hall–Kier alpha value is -1.60. The third kappa shape index (κ3) is 2.67. The topological polar surface area (TPSA) is 52.9 Å². The van der Waals surface area contributed by atoms with Crippen molar-refractivity contribution in [3.63, 3.8) is 0 Å². The molecule has 15 heavy (non-hydrogen) atoms. The van der Waals surface area contributed by atoms with Crippen molar-refractivity contribution in [3.05, 3.63) is 28.0 Å². The van der Waals surface area contributed by atoms with Gasteiger partial charge >= 0.3 is 0 Å². The van der Waals surface area contributed by atoms with E-state index in [1.165, 1.54) is 11.3 Å². The number of rotatable bonds is 3. The highest BCUT2D eigenvalue weighted by Crippen LogP contribution is 2.20. The summed E-state index contributed by atoms with van der Waals surface area (Å²) in [6, 6.07) is 5.99. The lowest BCUT2D eigenvalue weighted by Gasteiger charge is -1.99. The Balaban J connectivity index is 2.09. The molecule has 1 aromatic heterocycles. The fraction of sp³-hybridized carbons (Fsp3) is 0.273. The quantitative estimate of drug-likeness (QED) is 0.622. The number of carbonyl (C=O) groups is 1. The summed E-state index contributed by atoms with van der Waals surface area (Å²) in [5.41, 5.74) is 0.185. The van der Waals surface area contributed by atoms with Gasteiger partial charge in [-0.25, -0.2) is 0 Å². The molecule has 76 valence electrons. The molecule has 1 aliphatic rings. The molecule has 0 aliphatic heterocycles. The maximum absolute atomic E-state index is 11.6. The Labute approximate surface area is 92.0 Å². The van der Waals surface area contributed by atoms with E-state index in [1.54, 1.807) is 6.08 Å². The minimum Gasteiger partial charge on any atom is -0.349 e. The molecule has 1 heterocycles. The van der Waals surface area contributed by atoms with Gasteiger partial charge in [0.15, 0.2) is 0 Å². The van der Waals surface area contributed by atoms with Crippen LogP contribution in [0.1, 0.15) is 17.7 Å². The molecular weight excluding hydrogens is 208 g/mol. The maximum Gasteiger partial charge on any atom is 0.262 e. The van der Waals surface area contributed by atoms with Gasteiger partial charge in [-0.15, -0.1) is 11.3 Å². The maximum atomic E-state index is 11.6. The molecule has 0 atom stereocenters. The Morgan fingerprint density at radius 2 is 2.47 bits per heavy atom. The zero-order valence-electron chi connectivity index (χ0n) is 8.06. The zero-order valence-corrected chi connectivity index (χ0v) is 8.88. The number of amides is 1. The van der Waals surface area contributed by atoms with Crippen LogP contribution >= 0.6 is 11.3 Å². The van der Waals surface area contributed by atoms with Crippen molar-refractivity contribution in [2.45, 2.75) is 18.9 Å². The normalized spacial score (nSPS) is 15.8. The van der Waals surface area contributed by atoms with Crippen molar-refractivity contribution < 1.29 is 4.79 Å². The molecule has 1 amide bonds. The van der Waals surface area contributed by atoms with E-state index < -0.39 is 0 Å². The molecule has 1 aliphatic carbocycles. The van der Waals surface area contributed by atoms with Gasteiger partial charge in [0.25, 0.3) is 5.91 Å². The summed E-state index contributed by atoms with van der Waals surface area (Å²) in [5.74, 6) is -0.256. The van der Waals surface area contributed by atoms with Gasteiger partial charge in [-0.05, 0) is 30.4 Å². The summed E-state index contributed by atoms with van der Waals surface area (Å²) in [6.07, 6.45) is 3.69. The Kier molecular flexibility index (Phi) is 2.84. The molecule has 1 aromatic rings. The summed E-state index contributed by atoms with van der Waals surface area (Å²) >= 11 is 1.51. The molecule has 3 nitrogen and oxygen atoms in total. The molecule has 0 bridgehead atoms. The highest BCUT2D eigenvalue weighted by atomic mass is 32.1. The smallest absolute Gasteiger partial charge is 0.262 e. The Morgan fingerprint density at radius 3 is 3.00 bits per heavy atom. The number of hydrogen-bond donors (Lipinski definition) is 1. The van der Waals surface area contributed by atoms with Crippen LogP contribution in [-0.4, -0.2) is 11.9 Å². The zero-order chi connectivity index (χ0) is 10.7. The summed E-state index contributed by atoms with van der Waals surface area (Å²) in [4.78, 5) is 12.5. The Morgan fingerprint density at radius 1 is 1.67 bits per heavy atom. The number of carbonyl (C=O) groups excluding carboxylic acids is 1. The predicted molar refractivity (Wildman–Crippen MR) is 59.1 cm³/mol. The van der Waals surface area contributed by atoms with Gasteiger partial charge in [0.2, 0.25) is 0 Å². The van der Waals surface area contributed by atoms with Gasteiger partial charge in [-0.1, -0.05) is 6.07 Å². The van der Waals surface area contributed by atoms with Crippen molar-refractivity contribution >= 4 is 23.3 Å². The minimum absolute atomic E-state index is 0.185. The van der Waals surface area contributed by atoms with Crippen LogP contribution in [-0.2, 0) is 4.79 Å². The third-order valence-electron chi connectivity index (χ3n) is 2.11. The number of nitrogens with one attached hydrogen (secondary N) is 1. The summed E-state index contributed by atoms with van der Waals surface area (Å²) in [6.45, 7) is 0. The first kappa shape index (κ1) is 9.94. The molecule has 0 aromatic carbocycles. The molecule has 0 saturated heterocycles. The lowest BCUT2D eigenvalue weighted by Crippen LogP contribution is -2.26. The van der Waals surface area contributed by atoms with Gasteiger partial charge in [-0.2, -0.15) is 5.26 Å². The van der Waals surface area contributed by atoms with E-state index in [0.29, 0.717) is 0 Å². The number of hydrogen-bond acceptors (Lipinski definition) is 3. The molecule has 1 fully saturated rings. The third-order valence-corrected chi connectivity index (χ3v) is 2.93. The molecule has 4 heteroatoms. The van der Waals surface area contributed by atoms with E-state index in [4.69, 9.17) is 5.26 Å². The molecule has 0 spiro atoms. The summed E-state index contributed by atoms with van der Waals surface area (Å²) in [7, 11) is 0. The number of nitriles is 1.